The summed E-state index contributed by atoms with van der Waals surface area (Å²) in [5, 5.41) is 3.60. The van der Waals surface area contributed by atoms with Gasteiger partial charge in [0.2, 0.25) is 6.04 Å². The Labute approximate surface area is 81.5 Å². The lowest BCUT2D eigenvalue weighted by molar-refractivity contribution is 0.290. The second kappa shape index (κ2) is 4.11. The highest BCUT2D eigenvalue weighted by molar-refractivity contribution is 4.89. The first-order valence-corrected chi connectivity index (χ1v) is 5.15. The van der Waals surface area contributed by atoms with Crippen LogP contribution in [0.5, 0.6) is 0 Å². The van der Waals surface area contributed by atoms with E-state index >= 15 is 0 Å². The number of nitrogens with zero attached hydrogens (tertiary/aromatic N) is 1. The van der Waals surface area contributed by atoms with Crippen molar-refractivity contribution in [1.29, 1.82) is 0 Å². The molecule has 0 bridgehead atoms. The third kappa shape index (κ3) is 3.78. The van der Waals surface area contributed by atoms with Gasteiger partial charge in [0.15, 0.2) is 0 Å². The van der Waals surface area contributed by atoms with Crippen molar-refractivity contribution in [2.45, 2.75) is 64.1 Å². The van der Waals surface area contributed by atoms with Crippen LogP contribution in [0.1, 0.15) is 46.5 Å². The number of hydrogen-bond acceptors (Lipinski definition) is 1. The molecule has 1 rings (SSSR count). The van der Waals surface area contributed by atoms with E-state index in [0.29, 0.717) is 12.1 Å². The van der Waals surface area contributed by atoms with Crippen LogP contribution < -0.4 is 5.32 Å². The molecule has 0 spiro atoms. The van der Waals surface area contributed by atoms with Crippen molar-refractivity contribution in [3.63, 3.8) is 0 Å². The lowest BCUT2D eigenvalue weighted by atomic mass is 9.90. The first-order valence-electron chi connectivity index (χ1n) is 5.15. The van der Waals surface area contributed by atoms with Gasteiger partial charge in [-0.3, -0.25) is 0 Å². The summed E-state index contributed by atoms with van der Waals surface area (Å²) in [5.41, 5.74) is 0.218. The minimum Gasteiger partial charge on any atom is -0.314 e. The maximum absolute atomic E-state index is 6.95. The maximum atomic E-state index is 6.95. The van der Waals surface area contributed by atoms with Crippen molar-refractivity contribution in [2.75, 3.05) is 0 Å². The van der Waals surface area contributed by atoms with Crippen molar-refractivity contribution in [2.24, 2.45) is 0 Å². The molecule has 0 aliphatic heterocycles. The van der Waals surface area contributed by atoms with E-state index < -0.39 is 0 Å². The molecule has 0 atom stereocenters. The maximum Gasteiger partial charge on any atom is 0.223 e. The molecule has 0 aromatic carbocycles. The van der Waals surface area contributed by atoms with Gasteiger partial charge in [-0.25, -0.2) is 6.57 Å². The molecular weight excluding hydrogens is 160 g/mol. The van der Waals surface area contributed by atoms with Gasteiger partial charge in [0, 0.05) is 24.4 Å². The molecule has 2 nitrogen and oxygen atoms in total. The second-order valence-electron chi connectivity index (χ2n) is 5.03. The van der Waals surface area contributed by atoms with Gasteiger partial charge in [-0.05, 0) is 33.6 Å². The fraction of sp³-hybridized carbons (Fsp3) is 0.909. The Balaban J connectivity index is 2.30. The number of nitrogens with one attached hydrogen (secondary N) is 1. The summed E-state index contributed by atoms with van der Waals surface area (Å²) in [7, 11) is 0. The fourth-order valence-corrected chi connectivity index (χ4v) is 1.96. The van der Waals surface area contributed by atoms with Crippen LogP contribution in [-0.4, -0.2) is 17.6 Å². The molecule has 1 N–H and O–H groups in total. The Bertz CT molecular complexity index is 189. The van der Waals surface area contributed by atoms with Gasteiger partial charge >= 0.3 is 0 Å². The van der Waals surface area contributed by atoms with Crippen LogP contribution in [0, 0.1) is 6.57 Å². The summed E-state index contributed by atoms with van der Waals surface area (Å²) >= 11 is 0. The molecule has 0 aromatic rings. The molecule has 0 radical (unpaired) electrons. The van der Waals surface area contributed by atoms with E-state index in [1.165, 1.54) is 12.8 Å². The molecule has 0 heterocycles. The van der Waals surface area contributed by atoms with Crippen molar-refractivity contribution in [3.05, 3.63) is 11.4 Å². The Morgan fingerprint density at radius 3 is 2.08 bits per heavy atom. The average Bonchev–Trinajstić information content (AvgIpc) is 2.03. The Hall–Kier alpha value is -0.550. The van der Waals surface area contributed by atoms with Crippen LogP contribution in [0.2, 0.25) is 0 Å². The minimum atomic E-state index is 0.218. The monoisotopic (exact) mass is 180 g/mol. The number of rotatable bonds is 1. The molecule has 0 amide bonds. The Morgan fingerprint density at radius 1 is 1.15 bits per heavy atom. The molecule has 0 aromatic heterocycles. The average molecular weight is 180 g/mol. The molecule has 2 heteroatoms. The second-order valence-corrected chi connectivity index (χ2v) is 5.03. The highest BCUT2D eigenvalue weighted by Crippen LogP contribution is 2.22. The predicted molar refractivity (Wildman–Crippen MR) is 55.5 cm³/mol. The zero-order valence-electron chi connectivity index (χ0n) is 8.93. The molecule has 0 saturated heterocycles. The highest BCUT2D eigenvalue weighted by atomic mass is 15.0. The molecular formula is C11H20N2. The largest absolute Gasteiger partial charge is 0.314 e. The smallest absolute Gasteiger partial charge is 0.223 e. The van der Waals surface area contributed by atoms with Crippen molar-refractivity contribution >= 4 is 0 Å². The molecule has 1 fully saturated rings. The normalized spacial score (nSPS) is 29.7. The summed E-state index contributed by atoms with van der Waals surface area (Å²) < 4.78 is 0. The lowest BCUT2D eigenvalue weighted by Gasteiger charge is -2.31. The molecule has 1 aliphatic rings. The van der Waals surface area contributed by atoms with Gasteiger partial charge in [-0.2, -0.15) is 0 Å². The summed E-state index contributed by atoms with van der Waals surface area (Å²) in [6.45, 7) is 13.6. The van der Waals surface area contributed by atoms with E-state index in [2.05, 4.69) is 30.9 Å². The minimum absolute atomic E-state index is 0.218. The standard InChI is InChI=1S/C11H20N2/c1-11(2,3)13-10-7-5-9(12-4)6-8-10/h9-10,13H,5-8H2,1-3H3. The third-order valence-electron chi connectivity index (χ3n) is 2.52. The quantitative estimate of drug-likeness (QED) is 0.613. The van der Waals surface area contributed by atoms with E-state index in [9.17, 15) is 0 Å². The summed E-state index contributed by atoms with van der Waals surface area (Å²) in [4.78, 5) is 3.60. The third-order valence-corrected chi connectivity index (χ3v) is 2.52. The van der Waals surface area contributed by atoms with E-state index in [-0.39, 0.29) is 5.54 Å². The first-order chi connectivity index (χ1) is 6.01. The Kier molecular flexibility index (Phi) is 3.33. The zero-order chi connectivity index (χ0) is 9.90. The van der Waals surface area contributed by atoms with Gasteiger partial charge in [0.05, 0.1) is 0 Å². The van der Waals surface area contributed by atoms with Crippen molar-refractivity contribution < 1.29 is 0 Å². The van der Waals surface area contributed by atoms with E-state index in [0.717, 1.165) is 12.8 Å². The summed E-state index contributed by atoms with van der Waals surface area (Å²) in [5.74, 6) is 0. The van der Waals surface area contributed by atoms with E-state index in [4.69, 9.17) is 6.57 Å². The summed E-state index contributed by atoms with van der Waals surface area (Å²) in [6.07, 6.45) is 4.50. The molecule has 1 aliphatic carbocycles. The van der Waals surface area contributed by atoms with Crippen LogP contribution in [0.3, 0.4) is 0 Å². The lowest BCUT2D eigenvalue weighted by Crippen LogP contribution is -2.45. The van der Waals surface area contributed by atoms with Crippen LogP contribution >= 0.6 is 0 Å². The van der Waals surface area contributed by atoms with E-state index in [1.54, 1.807) is 0 Å². The van der Waals surface area contributed by atoms with Crippen LogP contribution in [0.25, 0.3) is 4.85 Å². The molecule has 13 heavy (non-hydrogen) atoms. The van der Waals surface area contributed by atoms with Crippen LogP contribution in [0.4, 0.5) is 0 Å². The Morgan fingerprint density at radius 2 is 1.69 bits per heavy atom. The zero-order valence-corrected chi connectivity index (χ0v) is 8.93. The van der Waals surface area contributed by atoms with Gasteiger partial charge in [0.1, 0.15) is 0 Å². The van der Waals surface area contributed by atoms with Gasteiger partial charge in [-0.1, -0.05) is 0 Å². The van der Waals surface area contributed by atoms with Gasteiger partial charge in [-0.15, -0.1) is 0 Å². The molecule has 1 saturated carbocycles. The highest BCUT2D eigenvalue weighted by Gasteiger charge is 2.26. The van der Waals surface area contributed by atoms with Crippen LogP contribution in [0.15, 0.2) is 0 Å². The van der Waals surface area contributed by atoms with E-state index in [1.807, 2.05) is 0 Å². The van der Waals surface area contributed by atoms with Crippen LogP contribution in [-0.2, 0) is 0 Å². The first kappa shape index (κ1) is 10.5. The fourth-order valence-electron chi connectivity index (χ4n) is 1.96. The number of hydrogen-bond donors (Lipinski definition) is 1. The van der Waals surface area contributed by atoms with Gasteiger partial charge < -0.3 is 10.2 Å². The molecule has 0 unspecified atom stereocenters. The predicted octanol–water partition coefficient (Wildman–Crippen LogP) is 2.60. The van der Waals surface area contributed by atoms with Gasteiger partial charge in [0.25, 0.3) is 0 Å². The molecule has 74 valence electrons. The topological polar surface area (TPSA) is 16.4 Å². The van der Waals surface area contributed by atoms with Crippen molar-refractivity contribution in [1.82, 2.24) is 5.32 Å². The SMILES string of the molecule is [C-]#[N+]C1CCC(NC(C)(C)C)CC1. The summed E-state index contributed by atoms with van der Waals surface area (Å²) in [6, 6.07) is 0.941. The van der Waals surface area contributed by atoms with Crippen molar-refractivity contribution in [3.8, 4) is 0 Å².